The molecule has 4 N–H and O–H groups in total. The molecule has 0 saturated carbocycles. The number of nitrogens with one attached hydrogen (secondary N) is 2. The highest BCUT2D eigenvalue weighted by molar-refractivity contribution is 5.98. The number of hydrogen-bond donors (Lipinski definition) is 3. The molecule has 3 rings (SSSR count). The fraction of sp³-hybridized carbons (Fsp3) is 0.400. The van der Waals surface area contributed by atoms with Crippen molar-refractivity contribution in [3.63, 3.8) is 0 Å². The van der Waals surface area contributed by atoms with Crippen molar-refractivity contribution >= 4 is 17.6 Å². The van der Waals surface area contributed by atoms with Gasteiger partial charge < -0.3 is 25.8 Å². The van der Waals surface area contributed by atoms with Gasteiger partial charge in [0.25, 0.3) is 0 Å². The maximum absolute atomic E-state index is 13.3. The summed E-state index contributed by atoms with van der Waals surface area (Å²) in [7, 11) is 1.57. The highest BCUT2D eigenvalue weighted by atomic mass is 16.6. The normalized spacial score (nSPS) is 19.6. The maximum Gasteiger partial charge on any atom is 0.243 e. The minimum atomic E-state index is -0.907. The van der Waals surface area contributed by atoms with Gasteiger partial charge in [0.15, 0.2) is 5.78 Å². The van der Waals surface area contributed by atoms with E-state index in [2.05, 4.69) is 10.6 Å². The second kappa shape index (κ2) is 10.6. The van der Waals surface area contributed by atoms with Crippen LogP contribution in [0.4, 0.5) is 0 Å². The van der Waals surface area contributed by atoms with Crippen molar-refractivity contribution in [3.05, 3.63) is 65.7 Å². The number of methoxy groups -OCH3 is 1. The molecule has 0 aliphatic carbocycles. The molecular weight excluding hydrogens is 422 g/mol. The third-order valence-corrected chi connectivity index (χ3v) is 5.66. The van der Waals surface area contributed by atoms with Crippen LogP contribution in [0.2, 0.25) is 0 Å². The Bertz CT molecular complexity index is 971. The fourth-order valence-electron chi connectivity index (χ4n) is 3.46. The van der Waals surface area contributed by atoms with Gasteiger partial charge in [0.05, 0.1) is 25.8 Å². The van der Waals surface area contributed by atoms with Crippen molar-refractivity contribution < 1.29 is 23.9 Å². The molecule has 0 radical (unpaired) electrons. The molecule has 4 atom stereocenters. The third kappa shape index (κ3) is 6.63. The van der Waals surface area contributed by atoms with Crippen LogP contribution in [-0.4, -0.2) is 55.0 Å². The monoisotopic (exact) mass is 453 g/mol. The van der Waals surface area contributed by atoms with Crippen LogP contribution in [0.1, 0.15) is 25.0 Å². The van der Waals surface area contributed by atoms with Crippen molar-refractivity contribution in [2.45, 2.75) is 50.4 Å². The number of ketones is 1. The third-order valence-electron chi connectivity index (χ3n) is 5.66. The lowest BCUT2D eigenvalue weighted by atomic mass is 9.94. The summed E-state index contributed by atoms with van der Waals surface area (Å²) in [6.45, 7) is 3.58. The van der Waals surface area contributed by atoms with Crippen molar-refractivity contribution in [2.24, 2.45) is 5.73 Å². The van der Waals surface area contributed by atoms with E-state index in [1.807, 2.05) is 42.5 Å². The van der Waals surface area contributed by atoms with Crippen LogP contribution in [0.5, 0.6) is 5.75 Å². The van der Waals surface area contributed by atoms with Crippen molar-refractivity contribution in [2.75, 3.05) is 13.7 Å². The lowest BCUT2D eigenvalue weighted by Gasteiger charge is -2.25. The molecule has 1 fully saturated rings. The predicted octanol–water partition coefficient (Wildman–Crippen LogP) is 1.16. The van der Waals surface area contributed by atoms with E-state index in [-0.39, 0.29) is 12.2 Å². The van der Waals surface area contributed by atoms with Gasteiger partial charge in [-0.1, -0.05) is 42.5 Å². The summed E-state index contributed by atoms with van der Waals surface area (Å²) in [5.41, 5.74) is 6.54. The molecule has 2 aromatic carbocycles. The first-order valence-electron chi connectivity index (χ1n) is 10.9. The van der Waals surface area contributed by atoms with Gasteiger partial charge >= 0.3 is 0 Å². The van der Waals surface area contributed by atoms with Crippen molar-refractivity contribution in [3.8, 4) is 5.75 Å². The number of hydrogen-bond acceptors (Lipinski definition) is 6. The summed E-state index contributed by atoms with van der Waals surface area (Å²) < 4.78 is 10.5. The second-order valence-electron chi connectivity index (χ2n) is 8.54. The molecule has 1 aliphatic rings. The first-order valence-corrected chi connectivity index (χ1v) is 10.9. The molecule has 8 nitrogen and oxygen atoms in total. The number of Topliss-reactive ketones (excluding diaryl/α,β-unsaturated/α-hetero) is 1. The second-order valence-corrected chi connectivity index (χ2v) is 8.54. The minimum absolute atomic E-state index is 0.193. The van der Waals surface area contributed by atoms with E-state index in [1.54, 1.807) is 33.1 Å². The van der Waals surface area contributed by atoms with Gasteiger partial charge in [-0.3, -0.25) is 14.4 Å². The van der Waals surface area contributed by atoms with Gasteiger partial charge in [-0.2, -0.15) is 0 Å². The molecule has 1 aliphatic heterocycles. The molecule has 1 unspecified atom stereocenters. The van der Waals surface area contributed by atoms with Crippen LogP contribution in [0.3, 0.4) is 0 Å². The number of nitrogens with two attached hydrogens (primary N) is 1. The largest absolute Gasteiger partial charge is 0.497 e. The average Bonchev–Trinajstić information content (AvgIpc) is 3.57. The van der Waals surface area contributed by atoms with Gasteiger partial charge in [0.1, 0.15) is 17.4 Å². The molecule has 2 amide bonds. The number of benzene rings is 2. The number of amides is 2. The molecule has 0 spiro atoms. The first-order chi connectivity index (χ1) is 15.7. The van der Waals surface area contributed by atoms with Gasteiger partial charge in [-0.05, 0) is 43.5 Å². The Morgan fingerprint density at radius 1 is 0.970 bits per heavy atom. The van der Waals surface area contributed by atoms with E-state index in [4.69, 9.17) is 15.2 Å². The molecule has 0 aromatic heterocycles. The summed E-state index contributed by atoms with van der Waals surface area (Å²) in [6.07, 6.45) is 0.551. The number of carbonyl (C=O) groups is 3. The summed E-state index contributed by atoms with van der Waals surface area (Å²) >= 11 is 0. The Morgan fingerprint density at radius 2 is 1.52 bits per heavy atom. The molecule has 176 valence electrons. The molecule has 2 aromatic rings. The molecule has 1 heterocycles. The Balaban J connectivity index is 1.79. The van der Waals surface area contributed by atoms with Gasteiger partial charge in [-0.25, -0.2) is 0 Å². The van der Waals surface area contributed by atoms with E-state index in [0.29, 0.717) is 18.8 Å². The highest BCUT2D eigenvalue weighted by Crippen LogP contribution is 2.29. The number of rotatable bonds is 11. The van der Waals surface area contributed by atoms with Gasteiger partial charge in [0.2, 0.25) is 11.8 Å². The Hall–Kier alpha value is -3.23. The summed E-state index contributed by atoms with van der Waals surface area (Å²) in [4.78, 5) is 38.7. The van der Waals surface area contributed by atoms with Crippen LogP contribution in [0.25, 0.3) is 0 Å². The summed E-state index contributed by atoms with van der Waals surface area (Å²) in [6, 6.07) is 14.2. The smallest absolute Gasteiger partial charge is 0.243 e. The average molecular weight is 454 g/mol. The minimum Gasteiger partial charge on any atom is -0.497 e. The zero-order valence-corrected chi connectivity index (χ0v) is 19.2. The summed E-state index contributed by atoms with van der Waals surface area (Å²) in [5, 5.41) is 5.56. The predicted molar refractivity (Wildman–Crippen MR) is 124 cm³/mol. The molecule has 8 heteroatoms. The SMILES string of the molecule is COc1ccc(CC(NC(=O)[C@H](C)N)C(=O)N[C@@H](Cc2ccccc2)C(=O)[C@@]2(C)CO2)cc1. The lowest BCUT2D eigenvalue weighted by Crippen LogP contribution is -2.56. The molecule has 1 saturated heterocycles. The van der Waals surface area contributed by atoms with Gasteiger partial charge in [0, 0.05) is 6.42 Å². The lowest BCUT2D eigenvalue weighted by molar-refractivity contribution is -0.133. The van der Waals surface area contributed by atoms with Crippen molar-refractivity contribution in [1.82, 2.24) is 10.6 Å². The zero-order valence-electron chi connectivity index (χ0n) is 19.2. The Morgan fingerprint density at radius 3 is 2.06 bits per heavy atom. The van der Waals surface area contributed by atoms with Crippen LogP contribution in [0.15, 0.2) is 54.6 Å². The number of epoxide rings is 1. The van der Waals surface area contributed by atoms with Gasteiger partial charge in [-0.15, -0.1) is 0 Å². The Kier molecular flexibility index (Phi) is 7.84. The first kappa shape index (κ1) is 24.4. The highest BCUT2D eigenvalue weighted by Gasteiger charge is 2.50. The zero-order chi connectivity index (χ0) is 24.0. The maximum atomic E-state index is 13.3. The van der Waals surface area contributed by atoms with Crippen LogP contribution >= 0.6 is 0 Å². The Labute approximate surface area is 193 Å². The van der Waals surface area contributed by atoms with Crippen molar-refractivity contribution in [1.29, 1.82) is 0 Å². The molecule has 33 heavy (non-hydrogen) atoms. The van der Waals surface area contributed by atoms with Crippen LogP contribution in [0, 0.1) is 0 Å². The summed E-state index contributed by atoms with van der Waals surface area (Å²) in [5.74, 6) is -0.419. The van der Waals surface area contributed by atoms with E-state index in [0.717, 1.165) is 11.1 Å². The molecule has 0 bridgehead atoms. The quantitative estimate of drug-likeness (QED) is 0.439. The standard InChI is InChI=1S/C25H31N3O5/c1-16(26)23(30)28-21(14-18-9-11-19(32-3)12-10-18)24(31)27-20(22(29)25(2)15-33-25)13-17-7-5-4-6-8-17/h4-12,16,20-21H,13-15,26H2,1-3H3,(H,27,31)(H,28,30)/t16-,20-,21?,25+/m0/s1. The topological polar surface area (TPSA) is 123 Å². The number of ether oxygens (including phenoxy) is 2. The van der Waals surface area contributed by atoms with Crippen LogP contribution < -0.4 is 21.1 Å². The molecular formula is C25H31N3O5. The van der Waals surface area contributed by atoms with E-state index in [9.17, 15) is 14.4 Å². The van der Waals surface area contributed by atoms with E-state index < -0.39 is 35.5 Å². The van der Waals surface area contributed by atoms with E-state index >= 15 is 0 Å². The number of carbonyl (C=O) groups excluding carboxylic acids is 3. The van der Waals surface area contributed by atoms with Crippen LogP contribution in [-0.2, 0) is 32.0 Å². The van der Waals surface area contributed by atoms with E-state index in [1.165, 1.54) is 0 Å². The fourth-order valence-corrected chi connectivity index (χ4v) is 3.46.